The lowest BCUT2D eigenvalue weighted by Gasteiger charge is -2.31. The SMILES string of the molecule is CCNCC(C(C)C)N(C)Cc1csc(Br)c1. The molecule has 0 saturated carbocycles. The molecule has 1 heterocycles. The van der Waals surface area contributed by atoms with Gasteiger partial charge in [-0.2, -0.15) is 0 Å². The molecule has 0 fully saturated rings. The molecule has 0 amide bonds. The van der Waals surface area contributed by atoms with Crippen molar-refractivity contribution in [2.45, 2.75) is 33.4 Å². The molecule has 4 heteroatoms. The minimum Gasteiger partial charge on any atom is -0.315 e. The highest BCUT2D eigenvalue weighted by atomic mass is 79.9. The molecule has 0 spiro atoms. The normalized spacial score (nSPS) is 13.6. The Labute approximate surface area is 118 Å². The fraction of sp³-hybridized carbons (Fsp3) is 0.692. The molecule has 1 rings (SSSR count). The van der Waals surface area contributed by atoms with Gasteiger partial charge in [-0.1, -0.05) is 20.8 Å². The van der Waals surface area contributed by atoms with E-state index in [-0.39, 0.29) is 0 Å². The second-order valence-corrected chi connectivity index (χ2v) is 7.08. The Morgan fingerprint density at radius 1 is 1.47 bits per heavy atom. The Bertz CT molecular complexity index is 325. The maximum atomic E-state index is 3.52. The molecule has 0 aliphatic rings. The summed E-state index contributed by atoms with van der Waals surface area (Å²) in [5.41, 5.74) is 1.39. The van der Waals surface area contributed by atoms with Gasteiger partial charge in [0.05, 0.1) is 3.79 Å². The van der Waals surface area contributed by atoms with Crippen LogP contribution in [0.5, 0.6) is 0 Å². The van der Waals surface area contributed by atoms with Crippen LogP contribution < -0.4 is 5.32 Å². The van der Waals surface area contributed by atoms with Crippen molar-refractivity contribution in [3.8, 4) is 0 Å². The van der Waals surface area contributed by atoms with Crippen molar-refractivity contribution in [1.29, 1.82) is 0 Å². The molecule has 1 atom stereocenters. The van der Waals surface area contributed by atoms with E-state index in [0.717, 1.165) is 19.6 Å². The number of halogens is 1. The maximum Gasteiger partial charge on any atom is 0.0701 e. The summed E-state index contributed by atoms with van der Waals surface area (Å²) in [7, 11) is 2.22. The molecule has 98 valence electrons. The standard InChI is InChI=1S/C13H23BrN2S/c1-5-15-7-12(10(2)3)16(4)8-11-6-13(14)17-9-11/h6,9-10,12,15H,5,7-8H2,1-4H3. The fourth-order valence-corrected chi connectivity index (χ4v) is 3.23. The third-order valence-electron chi connectivity index (χ3n) is 2.99. The van der Waals surface area contributed by atoms with Gasteiger partial charge < -0.3 is 5.32 Å². The average Bonchev–Trinajstić information content (AvgIpc) is 2.64. The molecule has 0 bridgehead atoms. The van der Waals surface area contributed by atoms with Gasteiger partial charge in [0.25, 0.3) is 0 Å². The van der Waals surface area contributed by atoms with Crippen LogP contribution in [0.4, 0.5) is 0 Å². The van der Waals surface area contributed by atoms with Gasteiger partial charge in [-0.05, 0) is 52.5 Å². The summed E-state index contributed by atoms with van der Waals surface area (Å²) in [6, 6.07) is 2.81. The fourth-order valence-electron chi connectivity index (χ4n) is 2.03. The quantitative estimate of drug-likeness (QED) is 0.826. The predicted octanol–water partition coefficient (Wildman–Crippen LogP) is 3.58. The number of nitrogens with zero attached hydrogens (tertiary/aromatic N) is 1. The summed E-state index contributed by atoms with van der Waals surface area (Å²) in [6.45, 7) is 9.88. The Morgan fingerprint density at radius 2 is 2.18 bits per heavy atom. The third kappa shape index (κ3) is 5.08. The van der Waals surface area contributed by atoms with Gasteiger partial charge in [-0.3, -0.25) is 4.90 Å². The van der Waals surface area contributed by atoms with Crippen molar-refractivity contribution in [2.24, 2.45) is 5.92 Å². The lowest BCUT2D eigenvalue weighted by atomic mass is 10.0. The Morgan fingerprint density at radius 3 is 2.65 bits per heavy atom. The van der Waals surface area contributed by atoms with E-state index in [1.54, 1.807) is 11.3 Å². The van der Waals surface area contributed by atoms with Crippen molar-refractivity contribution in [3.05, 3.63) is 20.8 Å². The Balaban J connectivity index is 2.55. The largest absolute Gasteiger partial charge is 0.315 e. The first-order valence-electron chi connectivity index (χ1n) is 6.18. The molecular weight excluding hydrogens is 296 g/mol. The molecule has 17 heavy (non-hydrogen) atoms. The molecule has 0 aliphatic heterocycles. The van der Waals surface area contributed by atoms with Crippen LogP contribution in [-0.4, -0.2) is 31.1 Å². The Kier molecular flexibility index (Phi) is 6.70. The van der Waals surface area contributed by atoms with E-state index in [2.05, 4.69) is 65.4 Å². The van der Waals surface area contributed by atoms with Crippen LogP contribution in [0.15, 0.2) is 15.2 Å². The lowest BCUT2D eigenvalue weighted by molar-refractivity contribution is 0.180. The van der Waals surface area contributed by atoms with Gasteiger partial charge in [0.1, 0.15) is 0 Å². The second kappa shape index (κ2) is 7.52. The highest BCUT2D eigenvalue weighted by molar-refractivity contribution is 9.11. The van der Waals surface area contributed by atoms with E-state index < -0.39 is 0 Å². The van der Waals surface area contributed by atoms with Crippen LogP contribution in [0.2, 0.25) is 0 Å². The molecule has 1 aromatic heterocycles. The second-order valence-electron chi connectivity index (χ2n) is 4.79. The van der Waals surface area contributed by atoms with Crippen LogP contribution in [-0.2, 0) is 6.54 Å². The number of likely N-dealkylation sites (N-methyl/N-ethyl adjacent to an activating group) is 2. The number of thiophene rings is 1. The zero-order valence-electron chi connectivity index (χ0n) is 11.2. The number of hydrogen-bond acceptors (Lipinski definition) is 3. The van der Waals surface area contributed by atoms with Gasteiger partial charge in [0.2, 0.25) is 0 Å². The van der Waals surface area contributed by atoms with Gasteiger partial charge in [0.15, 0.2) is 0 Å². The summed E-state index contributed by atoms with van der Waals surface area (Å²) in [5.74, 6) is 0.668. The van der Waals surface area contributed by atoms with Crippen molar-refractivity contribution < 1.29 is 0 Å². The van der Waals surface area contributed by atoms with Crippen molar-refractivity contribution in [1.82, 2.24) is 10.2 Å². The third-order valence-corrected chi connectivity index (χ3v) is 4.55. The van der Waals surface area contributed by atoms with Crippen molar-refractivity contribution >= 4 is 27.3 Å². The first kappa shape index (κ1) is 15.2. The monoisotopic (exact) mass is 318 g/mol. The highest BCUT2D eigenvalue weighted by Gasteiger charge is 2.18. The minimum absolute atomic E-state index is 0.591. The molecule has 0 aromatic carbocycles. The van der Waals surface area contributed by atoms with E-state index in [9.17, 15) is 0 Å². The van der Waals surface area contributed by atoms with Crippen molar-refractivity contribution in [3.63, 3.8) is 0 Å². The Hall–Kier alpha value is 0.100. The summed E-state index contributed by atoms with van der Waals surface area (Å²) in [5, 5.41) is 5.68. The lowest BCUT2D eigenvalue weighted by Crippen LogP contribution is -2.43. The van der Waals surface area contributed by atoms with Gasteiger partial charge in [-0.25, -0.2) is 0 Å². The molecule has 0 radical (unpaired) electrons. The molecule has 1 unspecified atom stereocenters. The molecule has 1 aromatic rings. The summed E-state index contributed by atoms with van der Waals surface area (Å²) in [6.07, 6.45) is 0. The summed E-state index contributed by atoms with van der Waals surface area (Å²) < 4.78 is 1.22. The first-order valence-corrected chi connectivity index (χ1v) is 7.85. The summed E-state index contributed by atoms with van der Waals surface area (Å²) in [4.78, 5) is 2.45. The number of nitrogens with one attached hydrogen (secondary N) is 1. The van der Waals surface area contributed by atoms with Crippen LogP contribution in [0.1, 0.15) is 26.3 Å². The predicted molar refractivity (Wildman–Crippen MR) is 80.7 cm³/mol. The zero-order chi connectivity index (χ0) is 12.8. The van der Waals surface area contributed by atoms with E-state index in [4.69, 9.17) is 0 Å². The number of rotatable bonds is 7. The molecule has 0 saturated heterocycles. The van der Waals surface area contributed by atoms with Crippen LogP contribution in [0.3, 0.4) is 0 Å². The maximum absolute atomic E-state index is 3.52. The van der Waals surface area contributed by atoms with Crippen molar-refractivity contribution in [2.75, 3.05) is 20.1 Å². The van der Waals surface area contributed by atoms with E-state index in [0.29, 0.717) is 12.0 Å². The average molecular weight is 319 g/mol. The number of hydrogen-bond donors (Lipinski definition) is 1. The van der Waals surface area contributed by atoms with E-state index in [1.165, 1.54) is 9.35 Å². The highest BCUT2D eigenvalue weighted by Crippen LogP contribution is 2.22. The molecule has 0 aliphatic carbocycles. The molecular formula is C13H23BrN2S. The van der Waals surface area contributed by atoms with Crippen LogP contribution in [0.25, 0.3) is 0 Å². The molecule has 2 nitrogen and oxygen atoms in total. The van der Waals surface area contributed by atoms with Crippen LogP contribution in [0, 0.1) is 5.92 Å². The smallest absolute Gasteiger partial charge is 0.0701 e. The summed E-state index contributed by atoms with van der Waals surface area (Å²) >= 11 is 5.28. The minimum atomic E-state index is 0.591. The van der Waals surface area contributed by atoms with Gasteiger partial charge >= 0.3 is 0 Å². The van der Waals surface area contributed by atoms with Gasteiger partial charge in [-0.15, -0.1) is 11.3 Å². The molecule has 1 N–H and O–H groups in total. The van der Waals surface area contributed by atoms with Crippen LogP contribution >= 0.6 is 27.3 Å². The zero-order valence-corrected chi connectivity index (χ0v) is 13.6. The first-order chi connectivity index (χ1) is 8.04. The van der Waals surface area contributed by atoms with E-state index >= 15 is 0 Å². The van der Waals surface area contributed by atoms with E-state index in [1.807, 2.05) is 0 Å². The topological polar surface area (TPSA) is 15.3 Å². The van der Waals surface area contributed by atoms with Gasteiger partial charge in [0, 0.05) is 19.1 Å².